The number of pyridine rings is 1. The van der Waals surface area contributed by atoms with Crippen LogP contribution in [0.2, 0.25) is 0 Å². The highest BCUT2D eigenvalue weighted by Crippen LogP contribution is 2.19. The van der Waals surface area contributed by atoms with E-state index in [9.17, 15) is 19.1 Å². The van der Waals surface area contributed by atoms with Gasteiger partial charge in [-0.3, -0.25) is 9.59 Å². The van der Waals surface area contributed by atoms with Crippen molar-refractivity contribution in [3.05, 3.63) is 70.4 Å². The zero-order valence-corrected chi connectivity index (χ0v) is 15.8. The van der Waals surface area contributed by atoms with Gasteiger partial charge in [-0.1, -0.05) is 6.07 Å². The fraction of sp³-hybridized carbons (Fsp3) is 0.200. The zero-order chi connectivity index (χ0) is 21.0. The summed E-state index contributed by atoms with van der Waals surface area (Å²) in [6, 6.07) is 9.39. The van der Waals surface area contributed by atoms with E-state index < -0.39 is 23.3 Å². The minimum absolute atomic E-state index is 0.169. The summed E-state index contributed by atoms with van der Waals surface area (Å²) < 4.78 is 19.7. The van der Waals surface area contributed by atoms with E-state index in [0.29, 0.717) is 11.4 Å². The second kappa shape index (κ2) is 8.61. The van der Waals surface area contributed by atoms with Crippen molar-refractivity contribution in [1.29, 1.82) is 0 Å². The molecular weight excluding hydrogens is 379 g/mol. The number of methoxy groups -OCH3 is 1. The van der Waals surface area contributed by atoms with Crippen LogP contribution in [0.5, 0.6) is 5.88 Å². The predicted octanol–water partition coefficient (Wildman–Crippen LogP) is 1.55. The van der Waals surface area contributed by atoms with Crippen molar-refractivity contribution in [3.63, 3.8) is 0 Å². The molecule has 0 aliphatic heterocycles. The molecule has 0 bridgehead atoms. The van der Waals surface area contributed by atoms with Gasteiger partial charge < -0.3 is 15.2 Å². The molecule has 29 heavy (non-hydrogen) atoms. The Morgan fingerprint density at radius 2 is 2.10 bits per heavy atom. The van der Waals surface area contributed by atoms with Gasteiger partial charge in [0.15, 0.2) is 0 Å². The summed E-state index contributed by atoms with van der Waals surface area (Å²) in [6.45, 7) is 1.31. The van der Waals surface area contributed by atoms with Crippen molar-refractivity contribution in [1.82, 2.24) is 20.1 Å². The van der Waals surface area contributed by atoms with E-state index >= 15 is 0 Å². The highest BCUT2D eigenvalue weighted by molar-refractivity contribution is 5.95. The smallest absolute Gasteiger partial charge is 0.284 e. The number of nitrogens with zero attached hydrogens (tertiary/aromatic N) is 3. The number of carbonyl (C=O) groups excluding carboxylic acids is 1. The molecule has 3 aromatic rings. The topological polar surface area (TPSA) is 106 Å². The second-order valence-electron chi connectivity index (χ2n) is 6.29. The molecule has 1 unspecified atom stereocenters. The largest absolute Gasteiger partial charge is 0.481 e. The highest BCUT2D eigenvalue weighted by atomic mass is 19.1. The lowest BCUT2D eigenvalue weighted by molar-refractivity contribution is 0.0920. The van der Waals surface area contributed by atoms with Gasteiger partial charge in [0.25, 0.3) is 11.5 Å². The summed E-state index contributed by atoms with van der Waals surface area (Å²) in [7, 11) is 1.48. The van der Waals surface area contributed by atoms with Crippen LogP contribution in [0.3, 0.4) is 0 Å². The lowest BCUT2D eigenvalue weighted by atomic mass is 10.1. The van der Waals surface area contributed by atoms with Gasteiger partial charge in [-0.2, -0.15) is 9.78 Å². The number of hydrogen-bond donors (Lipinski definition) is 2. The third-order valence-corrected chi connectivity index (χ3v) is 4.10. The fourth-order valence-electron chi connectivity index (χ4n) is 2.58. The van der Waals surface area contributed by atoms with Crippen molar-refractivity contribution in [2.75, 3.05) is 13.7 Å². The number of aromatic nitrogens is 3. The van der Waals surface area contributed by atoms with Gasteiger partial charge in [-0.25, -0.2) is 9.37 Å². The Bertz CT molecular complexity index is 1080. The zero-order valence-electron chi connectivity index (χ0n) is 15.8. The first-order valence-corrected chi connectivity index (χ1v) is 8.75. The quantitative estimate of drug-likeness (QED) is 0.653. The molecule has 0 aliphatic carbocycles. The van der Waals surface area contributed by atoms with Gasteiger partial charge in [0.1, 0.15) is 11.4 Å². The monoisotopic (exact) mass is 398 g/mol. The van der Waals surface area contributed by atoms with E-state index in [-0.39, 0.29) is 23.6 Å². The molecule has 0 aliphatic rings. The number of amides is 1. The molecule has 9 heteroatoms. The molecular formula is C20H19FN4O4. The summed E-state index contributed by atoms with van der Waals surface area (Å²) in [5, 5.41) is 16.0. The summed E-state index contributed by atoms with van der Waals surface area (Å²) in [5.41, 5.74) is 0.0624. The number of aliphatic hydroxyl groups is 1. The molecule has 1 amide bonds. The van der Waals surface area contributed by atoms with Crippen LogP contribution in [0.1, 0.15) is 17.3 Å². The third-order valence-electron chi connectivity index (χ3n) is 4.10. The Morgan fingerprint density at radius 3 is 2.72 bits per heavy atom. The van der Waals surface area contributed by atoms with Crippen molar-refractivity contribution < 1.29 is 19.0 Å². The molecule has 0 radical (unpaired) electrons. The van der Waals surface area contributed by atoms with Crippen molar-refractivity contribution in [3.8, 4) is 22.8 Å². The van der Waals surface area contributed by atoms with Gasteiger partial charge >= 0.3 is 0 Å². The van der Waals surface area contributed by atoms with E-state index in [4.69, 9.17) is 4.74 Å². The van der Waals surface area contributed by atoms with Crippen LogP contribution in [0.4, 0.5) is 4.39 Å². The first-order chi connectivity index (χ1) is 13.9. The maximum Gasteiger partial charge on any atom is 0.284 e. The summed E-state index contributed by atoms with van der Waals surface area (Å²) in [6.07, 6.45) is 1.49. The molecule has 0 spiro atoms. The molecule has 0 fully saturated rings. The SMILES string of the molecule is COc1ccc(-c2cc(C(=O)NC(C)CO)c(=O)n(-c3cccc(F)c3)n2)cn1. The average molecular weight is 398 g/mol. The van der Waals surface area contributed by atoms with Crippen molar-refractivity contribution in [2.45, 2.75) is 13.0 Å². The van der Waals surface area contributed by atoms with Gasteiger partial charge in [0.2, 0.25) is 5.88 Å². The molecule has 2 N–H and O–H groups in total. The first-order valence-electron chi connectivity index (χ1n) is 8.75. The van der Waals surface area contributed by atoms with Crippen LogP contribution < -0.4 is 15.6 Å². The minimum atomic E-state index is -0.719. The van der Waals surface area contributed by atoms with E-state index in [1.807, 2.05) is 0 Å². The van der Waals surface area contributed by atoms with E-state index in [0.717, 1.165) is 10.7 Å². The third kappa shape index (κ3) is 4.46. The second-order valence-corrected chi connectivity index (χ2v) is 6.29. The minimum Gasteiger partial charge on any atom is -0.481 e. The van der Waals surface area contributed by atoms with Crippen LogP contribution in [0.15, 0.2) is 53.5 Å². The number of ether oxygens (including phenoxy) is 1. The first kappa shape index (κ1) is 20.2. The molecule has 2 aromatic heterocycles. The van der Waals surface area contributed by atoms with Crippen LogP contribution >= 0.6 is 0 Å². The molecule has 0 saturated carbocycles. The van der Waals surface area contributed by atoms with Crippen LogP contribution in [-0.4, -0.2) is 45.5 Å². The van der Waals surface area contributed by atoms with Gasteiger partial charge in [-0.05, 0) is 37.3 Å². The Balaban J connectivity index is 2.18. The molecule has 2 heterocycles. The predicted molar refractivity (Wildman–Crippen MR) is 104 cm³/mol. The Morgan fingerprint density at radius 1 is 1.31 bits per heavy atom. The van der Waals surface area contributed by atoms with Gasteiger partial charge in [-0.15, -0.1) is 0 Å². The Kier molecular flexibility index (Phi) is 5.99. The average Bonchev–Trinajstić information content (AvgIpc) is 2.73. The molecule has 1 atom stereocenters. The highest BCUT2D eigenvalue weighted by Gasteiger charge is 2.19. The van der Waals surface area contributed by atoms with Crippen LogP contribution in [0.25, 0.3) is 16.9 Å². The van der Waals surface area contributed by atoms with Crippen molar-refractivity contribution >= 4 is 5.91 Å². The lowest BCUT2D eigenvalue weighted by Gasteiger charge is -2.13. The summed E-state index contributed by atoms with van der Waals surface area (Å²) >= 11 is 0. The van der Waals surface area contributed by atoms with Gasteiger partial charge in [0, 0.05) is 23.9 Å². The number of benzene rings is 1. The van der Waals surface area contributed by atoms with E-state index in [1.54, 1.807) is 19.1 Å². The molecule has 8 nitrogen and oxygen atoms in total. The standard InChI is InChI=1S/C20H19FN4O4/c1-12(11-26)23-19(27)16-9-17(13-6-7-18(29-2)22-10-13)24-25(20(16)28)15-5-3-4-14(21)8-15/h3-10,12,26H,11H2,1-2H3,(H,23,27). The number of rotatable bonds is 6. The van der Waals surface area contributed by atoms with E-state index in [1.165, 1.54) is 37.6 Å². The van der Waals surface area contributed by atoms with Crippen LogP contribution in [0, 0.1) is 5.82 Å². The maximum absolute atomic E-state index is 13.7. The Labute approximate surface area is 165 Å². The van der Waals surface area contributed by atoms with Crippen molar-refractivity contribution in [2.24, 2.45) is 0 Å². The number of hydrogen-bond acceptors (Lipinski definition) is 6. The molecule has 0 saturated heterocycles. The molecule has 150 valence electrons. The summed E-state index contributed by atoms with van der Waals surface area (Å²) in [5.74, 6) is -0.832. The normalized spacial score (nSPS) is 11.7. The number of nitrogens with one attached hydrogen (secondary N) is 1. The molecule has 1 aromatic carbocycles. The number of carbonyl (C=O) groups is 1. The van der Waals surface area contributed by atoms with Gasteiger partial charge in [0.05, 0.1) is 25.1 Å². The maximum atomic E-state index is 13.7. The fourth-order valence-corrected chi connectivity index (χ4v) is 2.58. The number of aliphatic hydroxyl groups excluding tert-OH is 1. The van der Waals surface area contributed by atoms with Crippen LogP contribution in [-0.2, 0) is 0 Å². The van der Waals surface area contributed by atoms with E-state index in [2.05, 4.69) is 15.4 Å². The summed E-state index contributed by atoms with van der Waals surface area (Å²) in [4.78, 5) is 29.6. The lowest BCUT2D eigenvalue weighted by Crippen LogP contribution is -2.39. The Hall–Kier alpha value is -3.59. The number of halogens is 1. The molecule has 3 rings (SSSR count).